The van der Waals surface area contributed by atoms with Gasteiger partial charge in [-0.15, -0.1) is 0 Å². The number of aryl methyl sites for hydroxylation is 1. The Morgan fingerprint density at radius 2 is 2.10 bits per heavy atom. The minimum absolute atomic E-state index is 0.0173. The highest BCUT2D eigenvalue weighted by Crippen LogP contribution is 2.28. The van der Waals surface area contributed by atoms with Crippen LogP contribution in [0, 0.1) is 12.8 Å². The second-order valence-corrected chi connectivity index (χ2v) is 7.64. The van der Waals surface area contributed by atoms with E-state index in [0.29, 0.717) is 18.9 Å². The van der Waals surface area contributed by atoms with Crippen LogP contribution in [0.5, 0.6) is 0 Å². The molecule has 29 heavy (non-hydrogen) atoms. The lowest BCUT2D eigenvalue weighted by atomic mass is 9.96. The number of anilines is 1. The highest BCUT2D eigenvalue weighted by Gasteiger charge is 2.29. The van der Waals surface area contributed by atoms with Crippen molar-refractivity contribution >= 4 is 17.5 Å². The van der Waals surface area contributed by atoms with Gasteiger partial charge in [0, 0.05) is 30.9 Å². The van der Waals surface area contributed by atoms with Crippen molar-refractivity contribution in [3.05, 3.63) is 53.5 Å². The van der Waals surface area contributed by atoms with Gasteiger partial charge in [-0.2, -0.15) is 14.6 Å². The summed E-state index contributed by atoms with van der Waals surface area (Å²) in [6.07, 6.45) is 5.17. The average molecular weight is 393 g/mol. The Kier molecular flexibility index (Phi) is 5.74. The Balaban J connectivity index is 1.46. The molecule has 1 aromatic carbocycles. The number of carbonyl (C=O) groups excluding carboxylic acids is 1. The van der Waals surface area contributed by atoms with Crippen LogP contribution in [0.3, 0.4) is 0 Å². The van der Waals surface area contributed by atoms with Crippen LogP contribution in [0.1, 0.15) is 36.6 Å². The molecule has 0 aliphatic carbocycles. The van der Waals surface area contributed by atoms with Gasteiger partial charge in [0.2, 0.25) is 5.91 Å². The highest BCUT2D eigenvalue weighted by atomic mass is 16.1. The number of nitrogens with one attached hydrogen (secondary N) is 1. The zero-order valence-corrected chi connectivity index (χ0v) is 17.1. The third kappa shape index (κ3) is 4.09. The first-order valence-corrected chi connectivity index (χ1v) is 10.4. The predicted molar refractivity (Wildman–Crippen MR) is 113 cm³/mol. The smallest absolute Gasteiger partial charge is 0.254 e. The maximum Gasteiger partial charge on any atom is 0.254 e. The molecule has 1 aliphatic rings. The molecule has 0 radical (unpaired) electrons. The fourth-order valence-electron chi connectivity index (χ4n) is 4.21. The van der Waals surface area contributed by atoms with E-state index in [1.165, 1.54) is 11.1 Å². The molecule has 1 N–H and O–H groups in total. The summed E-state index contributed by atoms with van der Waals surface area (Å²) in [6, 6.07) is 10.3. The van der Waals surface area contributed by atoms with E-state index in [9.17, 15) is 4.79 Å². The van der Waals surface area contributed by atoms with E-state index in [1.807, 2.05) is 29.6 Å². The van der Waals surface area contributed by atoms with Crippen LogP contribution < -0.4 is 10.2 Å². The van der Waals surface area contributed by atoms with E-state index in [2.05, 4.69) is 44.3 Å². The maximum atomic E-state index is 12.8. The summed E-state index contributed by atoms with van der Waals surface area (Å²) < 4.78 is 1.82. The van der Waals surface area contributed by atoms with E-state index in [-0.39, 0.29) is 11.8 Å². The van der Waals surface area contributed by atoms with Gasteiger partial charge in [-0.25, -0.2) is 4.98 Å². The van der Waals surface area contributed by atoms with Crippen LogP contribution in [-0.4, -0.2) is 45.1 Å². The van der Waals surface area contributed by atoms with Crippen molar-refractivity contribution in [3.8, 4) is 0 Å². The van der Waals surface area contributed by atoms with Crippen molar-refractivity contribution < 1.29 is 4.79 Å². The van der Waals surface area contributed by atoms with Gasteiger partial charge in [0.15, 0.2) is 0 Å². The number of hydrogen-bond donors (Lipinski definition) is 1. The highest BCUT2D eigenvalue weighted by molar-refractivity contribution is 5.79. The van der Waals surface area contributed by atoms with Crippen molar-refractivity contribution in [2.75, 3.05) is 24.5 Å². The second kappa shape index (κ2) is 8.59. The largest absolute Gasteiger partial charge is 0.355 e. The van der Waals surface area contributed by atoms with Crippen molar-refractivity contribution in [2.45, 2.75) is 39.5 Å². The number of fused-ring (bicyclic) bond motifs is 1. The van der Waals surface area contributed by atoms with E-state index in [1.54, 1.807) is 6.33 Å². The molecule has 0 spiro atoms. The molecular formula is C22H28N6O. The number of piperidine rings is 1. The van der Waals surface area contributed by atoms with Crippen LogP contribution in [0.15, 0.2) is 36.7 Å². The Morgan fingerprint density at radius 3 is 2.90 bits per heavy atom. The minimum Gasteiger partial charge on any atom is -0.355 e. The summed E-state index contributed by atoms with van der Waals surface area (Å²) in [5.41, 5.74) is 3.40. The molecule has 1 saturated heterocycles. The molecule has 0 saturated carbocycles. The van der Waals surface area contributed by atoms with Gasteiger partial charge < -0.3 is 10.2 Å². The molecule has 1 atom stereocenters. The van der Waals surface area contributed by atoms with Crippen LogP contribution in [-0.2, 0) is 17.6 Å². The normalized spacial score (nSPS) is 16.9. The van der Waals surface area contributed by atoms with E-state index < -0.39 is 0 Å². The molecule has 0 unspecified atom stereocenters. The first-order chi connectivity index (χ1) is 14.2. The van der Waals surface area contributed by atoms with Gasteiger partial charge >= 0.3 is 0 Å². The first-order valence-electron chi connectivity index (χ1n) is 10.4. The minimum atomic E-state index is -0.0173. The number of hydrogen-bond acceptors (Lipinski definition) is 5. The fraction of sp³-hybridized carbons (Fsp3) is 0.455. The number of benzene rings is 1. The SMILES string of the molecule is CCc1c(C)nc2ncnn2c1N1CCC[C@@H](C(=O)NCCc2ccccc2)C1. The van der Waals surface area contributed by atoms with Crippen LogP contribution in [0.25, 0.3) is 5.78 Å². The molecule has 2 aromatic heterocycles. The number of carbonyl (C=O) groups is 1. The number of amides is 1. The Hall–Kier alpha value is -2.96. The zero-order valence-electron chi connectivity index (χ0n) is 17.1. The standard InChI is InChI=1S/C22H28N6O/c1-3-19-16(2)26-22-24-15-25-28(22)21(19)27-13-7-10-18(14-27)20(29)23-12-11-17-8-5-4-6-9-17/h4-6,8-9,15,18H,3,7,10-14H2,1-2H3,(H,23,29)/t18-/m1/s1. The van der Waals surface area contributed by atoms with E-state index >= 15 is 0 Å². The zero-order chi connectivity index (χ0) is 20.2. The predicted octanol–water partition coefficient (Wildman–Crippen LogP) is 2.57. The third-order valence-corrected chi connectivity index (χ3v) is 5.71. The van der Waals surface area contributed by atoms with E-state index in [4.69, 9.17) is 0 Å². The third-order valence-electron chi connectivity index (χ3n) is 5.71. The van der Waals surface area contributed by atoms with Gasteiger partial charge in [-0.3, -0.25) is 4.79 Å². The lowest BCUT2D eigenvalue weighted by Crippen LogP contribution is -2.44. The van der Waals surface area contributed by atoms with Crippen molar-refractivity contribution in [1.82, 2.24) is 24.9 Å². The first kappa shape index (κ1) is 19.4. The van der Waals surface area contributed by atoms with Gasteiger partial charge in [0.25, 0.3) is 5.78 Å². The molecule has 7 nitrogen and oxygen atoms in total. The maximum absolute atomic E-state index is 12.8. The molecule has 7 heteroatoms. The Labute approximate surface area is 171 Å². The van der Waals surface area contributed by atoms with Gasteiger partial charge in [0.1, 0.15) is 12.1 Å². The van der Waals surface area contributed by atoms with E-state index in [0.717, 1.165) is 43.7 Å². The van der Waals surface area contributed by atoms with Gasteiger partial charge in [0.05, 0.1) is 5.92 Å². The molecule has 152 valence electrons. The molecule has 4 rings (SSSR count). The summed E-state index contributed by atoms with van der Waals surface area (Å²) >= 11 is 0. The monoisotopic (exact) mass is 392 g/mol. The lowest BCUT2D eigenvalue weighted by Gasteiger charge is -2.35. The molecule has 1 aliphatic heterocycles. The summed E-state index contributed by atoms with van der Waals surface area (Å²) in [7, 11) is 0. The fourth-order valence-corrected chi connectivity index (χ4v) is 4.21. The Bertz CT molecular complexity index is 984. The van der Waals surface area contributed by atoms with Crippen molar-refractivity contribution in [3.63, 3.8) is 0 Å². The van der Waals surface area contributed by atoms with Crippen LogP contribution >= 0.6 is 0 Å². The quantitative estimate of drug-likeness (QED) is 0.698. The number of rotatable bonds is 6. The number of nitrogens with zero attached hydrogens (tertiary/aromatic N) is 5. The van der Waals surface area contributed by atoms with Crippen molar-refractivity contribution in [2.24, 2.45) is 5.92 Å². The summed E-state index contributed by atoms with van der Waals surface area (Å²) in [4.78, 5) is 23.9. The summed E-state index contributed by atoms with van der Waals surface area (Å²) in [5, 5.41) is 7.53. The molecule has 0 bridgehead atoms. The second-order valence-electron chi connectivity index (χ2n) is 7.64. The Morgan fingerprint density at radius 1 is 1.28 bits per heavy atom. The number of aromatic nitrogens is 4. The molecular weight excluding hydrogens is 364 g/mol. The topological polar surface area (TPSA) is 75.4 Å². The van der Waals surface area contributed by atoms with Gasteiger partial charge in [-0.1, -0.05) is 37.3 Å². The molecule has 1 amide bonds. The molecule has 1 fully saturated rings. The van der Waals surface area contributed by atoms with Crippen molar-refractivity contribution in [1.29, 1.82) is 0 Å². The molecule has 3 heterocycles. The lowest BCUT2D eigenvalue weighted by molar-refractivity contribution is -0.125. The van der Waals surface area contributed by atoms with Crippen LogP contribution in [0.4, 0.5) is 5.82 Å². The average Bonchev–Trinajstić information content (AvgIpc) is 3.21. The summed E-state index contributed by atoms with van der Waals surface area (Å²) in [6.45, 7) is 6.44. The van der Waals surface area contributed by atoms with Gasteiger partial charge in [-0.05, 0) is 38.2 Å². The summed E-state index contributed by atoms with van der Waals surface area (Å²) in [5.74, 6) is 1.78. The van der Waals surface area contributed by atoms with Crippen LogP contribution in [0.2, 0.25) is 0 Å². The molecule has 3 aromatic rings.